The molecule has 1 heterocycles. The Hall–Kier alpha value is -1.15. The van der Waals surface area contributed by atoms with Crippen molar-refractivity contribution in [1.29, 1.82) is 0 Å². The Morgan fingerprint density at radius 1 is 1.40 bits per heavy atom. The van der Waals surface area contributed by atoms with Crippen molar-refractivity contribution in [2.24, 2.45) is 0 Å². The fourth-order valence-corrected chi connectivity index (χ4v) is 2.87. The molecule has 2 aromatic rings. The molecule has 8 heteroatoms. The molecule has 110 valence electrons. The van der Waals surface area contributed by atoms with Gasteiger partial charge in [-0.05, 0) is 30.4 Å². The highest BCUT2D eigenvalue weighted by Crippen LogP contribution is 2.31. The second-order valence-electron chi connectivity index (χ2n) is 4.24. The highest BCUT2D eigenvalue weighted by Gasteiger charge is 2.30. The van der Waals surface area contributed by atoms with Crippen LogP contribution in [0.15, 0.2) is 18.2 Å². The first kappa shape index (κ1) is 15.2. The average molecular weight is 322 g/mol. The van der Waals surface area contributed by atoms with Gasteiger partial charge in [-0.3, -0.25) is 4.21 Å². The normalized spacial score (nSPS) is 13.8. The van der Waals surface area contributed by atoms with Crippen molar-refractivity contribution in [2.45, 2.75) is 19.6 Å². The fraction of sp³-hybridized carbons (Fsp3) is 0.417. The van der Waals surface area contributed by atoms with Gasteiger partial charge in [0.05, 0.1) is 16.6 Å². The molecule has 1 aromatic carbocycles. The van der Waals surface area contributed by atoms with Gasteiger partial charge in [-0.2, -0.15) is 13.2 Å². The maximum absolute atomic E-state index is 12.6. The first-order chi connectivity index (χ1) is 9.32. The van der Waals surface area contributed by atoms with Crippen molar-refractivity contribution in [2.75, 3.05) is 11.5 Å². The number of nitrogens with one attached hydrogen (secondary N) is 1. The van der Waals surface area contributed by atoms with Crippen LogP contribution in [-0.2, 0) is 23.5 Å². The molecule has 0 saturated carbocycles. The van der Waals surface area contributed by atoms with Gasteiger partial charge >= 0.3 is 6.18 Å². The van der Waals surface area contributed by atoms with Crippen LogP contribution >= 0.6 is 12.2 Å². The number of hydrogen-bond donors (Lipinski definition) is 1. The van der Waals surface area contributed by atoms with Crippen molar-refractivity contribution in [3.63, 3.8) is 0 Å². The SMILES string of the molecule is CCS(=O)CCn1c(=S)[nH]c2cc(C(F)(F)F)ccc21. The molecule has 0 saturated heterocycles. The molecule has 1 aromatic heterocycles. The van der Waals surface area contributed by atoms with Crippen LogP contribution in [-0.4, -0.2) is 25.3 Å². The maximum atomic E-state index is 12.6. The van der Waals surface area contributed by atoms with E-state index in [1.807, 2.05) is 6.92 Å². The number of fused-ring (bicyclic) bond motifs is 1. The van der Waals surface area contributed by atoms with Gasteiger partial charge in [-0.25, -0.2) is 0 Å². The third-order valence-electron chi connectivity index (χ3n) is 2.97. The lowest BCUT2D eigenvalue weighted by atomic mass is 10.2. The summed E-state index contributed by atoms with van der Waals surface area (Å²) >= 11 is 5.11. The Kier molecular flexibility index (Phi) is 4.33. The molecule has 0 fully saturated rings. The predicted molar refractivity (Wildman–Crippen MR) is 75.7 cm³/mol. The van der Waals surface area contributed by atoms with E-state index in [-0.39, 0.29) is 0 Å². The van der Waals surface area contributed by atoms with Crippen LogP contribution < -0.4 is 0 Å². The Morgan fingerprint density at radius 3 is 2.70 bits per heavy atom. The number of aryl methyl sites for hydroxylation is 1. The van der Waals surface area contributed by atoms with E-state index in [4.69, 9.17) is 12.2 Å². The molecule has 0 spiro atoms. The lowest BCUT2D eigenvalue weighted by Crippen LogP contribution is -2.09. The molecule has 0 bridgehead atoms. The monoisotopic (exact) mass is 322 g/mol. The molecule has 0 aliphatic heterocycles. The molecular formula is C12H13F3N2OS2. The van der Waals surface area contributed by atoms with E-state index >= 15 is 0 Å². The summed E-state index contributed by atoms with van der Waals surface area (Å²) in [6.07, 6.45) is -4.38. The lowest BCUT2D eigenvalue weighted by molar-refractivity contribution is -0.137. The van der Waals surface area contributed by atoms with Crippen LogP contribution in [0.25, 0.3) is 11.0 Å². The van der Waals surface area contributed by atoms with E-state index in [1.54, 1.807) is 4.57 Å². The minimum atomic E-state index is -4.38. The van der Waals surface area contributed by atoms with Crippen molar-refractivity contribution in [1.82, 2.24) is 9.55 Å². The summed E-state index contributed by atoms with van der Waals surface area (Å²) in [5, 5.41) is 0. The van der Waals surface area contributed by atoms with Crippen molar-refractivity contribution in [3.8, 4) is 0 Å². The van der Waals surface area contributed by atoms with Gasteiger partial charge in [-0.15, -0.1) is 0 Å². The highest BCUT2D eigenvalue weighted by atomic mass is 32.2. The minimum Gasteiger partial charge on any atom is -0.331 e. The van der Waals surface area contributed by atoms with E-state index in [1.165, 1.54) is 6.07 Å². The summed E-state index contributed by atoms with van der Waals surface area (Å²) in [6.45, 7) is 2.24. The number of imidazole rings is 1. The first-order valence-electron chi connectivity index (χ1n) is 5.97. The number of nitrogens with zero attached hydrogens (tertiary/aromatic N) is 1. The number of hydrogen-bond acceptors (Lipinski definition) is 2. The zero-order valence-corrected chi connectivity index (χ0v) is 12.3. The smallest absolute Gasteiger partial charge is 0.331 e. The zero-order valence-electron chi connectivity index (χ0n) is 10.7. The fourth-order valence-electron chi connectivity index (χ4n) is 1.90. The summed E-state index contributed by atoms with van der Waals surface area (Å²) < 4.78 is 51.4. The number of benzene rings is 1. The van der Waals surface area contributed by atoms with Gasteiger partial charge in [0.2, 0.25) is 0 Å². The second-order valence-corrected chi connectivity index (χ2v) is 6.50. The highest BCUT2D eigenvalue weighted by molar-refractivity contribution is 7.84. The van der Waals surface area contributed by atoms with Gasteiger partial charge < -0.3 is 9.55 Å². The molecular weight excluding hydrogens is 309 g/mol. The maximum Gasteiger partial charge on any atom is 0.416 e. The number of aromatic amines is 1. The molecule has 0 radical (unpaired) electrons. The van der Waals surface area contributed by atoms with Gasteiger partial charge in [-0.1, -0.05) is 6.92 Å². The molecule has 1 unspecified atom stereocenters. The molecule has 20 heavy (non-hydrogen) atoms. The quantitative estimate of drug-likeness (QED) is 0.875. The Balaban J connectivity index is 2.40. The molecule has 1 N–H and O–H groups in total. The number of alkyl halides is 3. The number of rotatable bonds is 4. The minimum absolute atomic E-state index is 0.340. The average Bonchev–Trinajstić information content (AvgIpc) is 2.69. The third kappa shape index (κ3) is 3.12. The van der Waals surface area contributed by atoms with E-state index < -0.39 is 22.5 Å². The summed E-state index contributed by atoms with van der Waals surface area (Å²) in [6, 6.07) is 3.45. The van der Waals surface area contributed by atoms with Crippen LogP contribution in [0.1, 0.15) is 12.5 Å². The van der Waals surface area contributed by atoms with Crippen LogP contribution in [0, 0.1) is 4.77 Å². The lowest BCUT2D eigenvalue weighted by Gasteiger charge is -2.07. The van der Waals surface area contributed by atoms with Gasteiger partial charge in [0.1, 0.15) is 0 Å². The summed E-state index contributed by atoms with van der Waals surface area (Å²) in [5.41, 5.74) is 0.216. The van der Waals surface area contributed by atoms with Crippen molar-refractivity contribution >= 4 is 34.1 Å². The van der Waals surface area contributed by atoms with Gasteiger partial charge in [0.25, 0.3) is 0 Å². The third-order valence-corrected chi connectivity index (χ3v) is 4.57. The number of H-pyrrole nitrogens is 1. The predicted octanol–water partition coefficient (Wildman–Crippen LogP) is 3.49. The van der Waals surface area contributed by atoms with E-state index in [9.17, 15) is 17.4 Å². The topological polar surface area (TPSA) is 37.8 Å². The first-order valence-corrected chi connectivity index (χ1v) is 7.87. The van der Waals surface area contributed by atoms with Crippen LogP contribution in [0.5, 0.6) is 0 Å². The van der Waals surface area contributed by atoms with E-state index in [0.29, 0.717) is 33.9 Å². The summed E-state index contributed by atoms with van der Waals surface area (Å²) in [5.74, 6) is 0.979. The number of aromatic nitrogens is 2. The Morgan fingerprint density at radius 2 is 2.10 bits per heavy atom. The Labute approximate surface area is 121 Å². The standard InChI is InChI=1S/C12H13F3N2OS2/c1-2-20(18)6-5-17-10-4-3-8(12(13,14)15)7-9(10)16-11(17)19/h3-4,7H,2,5-6H2,1H3,(H,16,19). The van der Waals surface area contributed by atoms with Crippen molar-refractivity contribution < 1.29 is 17.4 Å². The second kappa shape index (κ2) is 5.69. The molecule has 3 nitrogen and oxygen atoms in total. The Bertz CT molecular complexity index is 703. The molecule has 1 atom stereocenters. The summed E-state index contributed by atoms with van der Waals surface area (Å²) in [7, 11) is -0.942. The van der Waals surface area contributed by atoms with Crippen LogP contribution in [0.4, 0.5) is 13.2 Å². The molecule has 0 aliphatic rings. The van der Waals surface area contributed by atoms with E-state index in [0.717, 1.165) is 12.1 Å². The van der Waals surface area contributed by atoms with Crippen molar-refractivity contribution in [3.05, 3.63) is 28.5 Å². The zero-order chi connectivity index (χ0) is 14.9. The molecule has 2 rings (SSSR count). The number of halogens is 3. The van der Waals surface area contributed by atoms with Gasteiger partial charge in [0, 0.05) is 28.9 Å². The largest absolute Gasteiger partial charge is 0.416 e. The summed E-state index contributed by atoms with van der Waals surface area (Å²) in [4.78, 5) is 2.76. The van der Waals surface area contributed by atoms with Crippen LogP contribution in [0.3, 0.4) is 0 Å². The molecule has 0 aliphatic carbocycles. The van der Waals surface area contributed by atoms with E-state index in [2.05, 4.69) is 4.98 Å². The molecule has 0 amide bonds. The van der Waals surface area contributed by atoms with Crippen LogP contribution in [0.2, 0.25) is 0 Å². The van der Waals surface area contributed by atoms with Gasteiger partial charge in [0.15, 0.2) is 4.77 Å².